The van der Waals surface area contributed by atoms with Gasteiger partial charge in [0.05, 0.1) is 24.3 Å². The largest absolute Gasteiger partial charge is 0.495 e. The lowest BCUT2D eigenvalue weighted by molar-refractivity contribution is 0.222. The van der Waals surface area contributed by atoms with Crippen LogP contribution in [0, 0.1) is 11.3 Å². The molecule has 2 N–H and O–H groups in total. The van der Waals surface area contributed by atoms with Crippen LogP contribution in [-0.4, -0.2) is 32.1 Å². The molecule has 18 heavy (non-hydrogen) atoms. The second kappa shape index (κ2) is 4.87. The molecule has 0 aliphatic carbocycles. The summed E-state index contributed by atoms with van der Waals surface area (Å²) < 4.78 is 5.15. The van der Waals surface area contributed by atoms with Crippen molar-refractivity contribution < 1.29 is 4.74 Å². The van der Waals surface area contributed by atoms with E-state index >= 15 is 0 Å². The van der Waals surface area contributed by atoms with Gasteiger partial charge >= 0.3 is 0 Å². The van der Waals surface area contributed by atoms with Crippen LogP contribution in [0.2, 0.25) is 0 Å². The summed E-state index contributed by atoms with van der Waals surface area (Å²) in [5, 5.41) is 9.56. The number of nitrogens with zero attached hydrogens (tertiary/aromatic N) is 2. The molecule has 0 atom stereocenters. The molecule has 2 rings (SSSR count). The van der Waals surface area contributed by atoms with Gasteiger partial charge in [0.15, 0.2) is 0 Å². The molecule has 1 heterocycles. The highest BCUT2D eigenvalue weighted by atomic mass is 16.5. The molecule has 0 spiro atoms. The van der Waals surface area contributed by atoms with E-state index in [0.29, 0.717) is 11.4 Å². The predicted octanol–water partition coefficient (Wildman–Crippen LogP) is 1.76. The SMILES string of the molecule is COc1ccc(C2(C#N)CCN(C)CC2)cc1N. The number of nitrogen functional groups attached to an aromatic ring is 1. The average Bonchev–Trinajstić information content (AvgIpc) is 2.40. The van der Waals surface area contributed by atoms with Crippen LogP contribution in [-0.2, 0) is 5.41 Å². The van der Waals surface area contributed by atoms with Gasteiger partial charge < -0.3 is 15.4 Å². The van der Waals surface area contributed by atoms with Gasteiger partial charge in [-0.15, -0.1) is 0 Å². The van der Waals surface area contributed by atoms with Crippen LogP contribution in [0.3, 0.4) is 0 Å². The molecule has 96 valence electrons. The predicted molar refractivity (Wildman–Crippen MR) is 71.4 cm³/mol. The molecule has 0 unspecified atom stereocenters. The van der Waals surface area contributed by atoms with Crippen molar-refractivity contribution in [3.8, 4) is 11.8 Å². The number of anilines is 1. The molecule has 0 radical (unpaired) electrons. The Morgan fingerprint density at radius 3 is 2.56 bits per heavy atom. The van der Waals surface area contributed by atoms with Crippen LogP contribution in [0.5, 0.6) is 5.75 Å². The summed E-state index contributed by atoms with van der Waals surface area (Å²) in [5.74, 6) is 0.666. The van der Waals surface area contributed by atoms with Gasteiger partial charge in [-0.1, -0.05) is 6.07 Å². The second-order valence-electron chi connectivity index (χ2n) is 4.95. The van der Waals surface area contributed by atoms with E-state index in [-0.39, 0.29) is 0 Å². The van der Waals surface area contributed by atoms with Crippen molar-refractivity contribution >= 4 is 5.69 Å². The minimum Gasteiger partial charge on any atom is -0.495 e. The third kappa shape index (κ3) is 2.14. The first kappa shape index (κ1) is 12.7. The summed E-state index contributed by atoms with van der Waals surface area (Å²) in [4.78, 5) is 2.25. The standard InChI is InChI=1S/C14H19N3O/c1-17-7-5-14(10-15,6-8-17)11-3-4-13(18-2)12(16)9-11/h3-4,9H,5-8,16H2,1-2H3. The summed E-state index contributed by atoms with van der Waals surface area (Å²) in [5.41, 5.74) is 7.15. The monoisotopic (exact) mass is 245 g/mol. The van der Waals surface area contributed by atoms with Crippen molar-refractivity contribution in [3.05, 3.63) is 23.8 Å². The van der Waals surface area contributed by atoms with Gasteiger partial charge in [-0.3, -0.25) is 0 Å². The van der Waals surface area contributed by atoms with Crippen molar-refractivity contribution in [2.45, 2.75) is 18.3 Å². The minimum absolute atomic E-state index is 0.396. The maximum Gasteiger partial charge on any atom is 0.141 e. The zero-order valence-electron chi connectivity index (χ0n) is 10.9. The van der Waals surface area contributed by atoms with Crippen LogP contribution in [0.15, 0.2) is 18.2 Å². The molecule has 1 aromatic carbocycles. The van der Waals surface area contributed by atoms with Crippen molar-refractivity contribution in [2.75, 3.05) is 33.0 Å². The van der Waals surface area contributed by atoms with E-state index in [1.807, 2.05) is 18.2 Å². The number of likely N-dealkylation sites (tertiary alicyclic amines) is 1. The fourth-order valence-electron chi connectivity index (χ4n) is 2.50. The topological polar surface area (TPSA) is 62.3 Å². The maximum absolute atomic E-state index is 9.56. The number of rotatable bonds is 2. The number of ether oxygens (including phenoxy) is 1. The summed E-state index contributed by atoms with van der Waals surface area (Å²) in [6.07, 6.45) is 1.71. The number of hydrogen-bond acceptors (Lipinski definition) is 4. The molecular weight excluding hydrogens is 226 g/mol. The van der Waals surface area contributed by atoms with Crippen LogP contribution in [0.25, 0.3) is 0 Å². The highest BCUT2D eigenvalue weighted by Gasteiger charge is 2.35. The number of methoxy groups -OCH3 is 1. The lowest BCUT2D eigenvalue weighted by Crippen LogP contribution is -2.39. The number of nitriles is 1. The van der Waals surface area contributed by atoms with Crippen LogP contribution in [0.4, 0.5) is 5.69 Å². The Morgan fingerprint density at radius 1 is 1.39 bits per heavy atom. The first-order valence-corrected chi connectivity index (χ1v) is 6.15. The van der Waals surface area contributed by atoms with Gasteiger partial charge in [-0.25, -0.2) is 0 Å². The number of hydrogen-bond donors (Lipinski definition) is 1. The van der Waals surface area contributed by atoms with Crippen molar-refractivity contribution in [3.63, 3.8) is 0 Å². The molecule has 1 aromatic rings. The van der Waals surface area contributed by atoms with Crippen LogP contribution < -0.4 is 10.5 Å². The highest BCUT2D eigenvalue weighted by Crippen LogP contribution is 2.37. The Morgan fingerprint density at radius 2 is 2.06 bits per heavy atom. The van der Waals surface area contributed by atoms with E-state index in [2.05, 4.69) is 18.0 Å². The number of piperidine rings is 1. The Labute approximate surface area is 108 Å². The molecule has 0 aromatic heterocycles. The van der Waals surface area contributed by atoms with Gasteiger partial charge in [-0.05, 0) is 50.7 Å². The summed E-state index contributed by atoms with van der Waals surface area (Å²) in [6, 6.07) is 8.19. The van der Waals surface area contributed by atoms with Gasteiger partial charge in [0.25, 0.3) is 0 Å². The van der Waals surface area contributed by atoms with E-state index < -0.39 is 5.41 Å². The van der Waals surface area contributed by atoms with Crippen LogP contribution in [0.1, 0.15) is 18.4 Å². The van der Waals surface area contributed by atoms with E-state index in [9.17, 15) is 5.26 Å². The minimum atomic E-state index is -0.396. The highest BCUT2D eigenvalue weighted by molar-refractivity contribution is 5.56. The summed E-state index contributed by atoms with van der Waals surface area (Å²) in [7, 11) is 3.69. The maximum atomic E-state index is 9.56. The van der Waals surface area contributed by atoms with E-state index in [1.165, 1.54) is 0 Å². The molecule has 4 heteroatoms. The average molecular weight is 245 g/mol. The molecule has 0 amide bonds. The molecule has 0 saturated carbocycles. The Kier molecular flexibility index (Phi) is 3.44. The quantitative estimate of drug-likeness (QED) is 0.806. The van der Waals surface area contributed by atoms with Gasteiger partial charge in [0, 0.05) is 0 Å². The van der Waals surface area contributed by atoms with E-state index in [4.69, 9.17) is 10.5 Å². The lowest BCUT2D eigenvalue weighted by atomic mass is 9.74. The molecular formula is C14H19N3O. The molecule has 1 saturated heterocycles. The third-order valence-electron chi connectivity index (χ3n) is 3.84. The molecule has 0 bridgehead atoms. The van der Waals surface area contributed by atoms with Gasteiger partial charge in [0.1, 0.15) is 5.75 Å². The number of nitrogens with two attached hydrogens (primary N) is 1. The molecule has 1 aliphatic rings. The zero-order valence-corrected chi connectivity index (χ0v) is 10.9. The molecule has 4 nitrogen and oxygen atoms in total. The fourth-order valence-corrected chi connectivity index (χ4v) is 2.50. The third-order valence-corrected chi connectivity index (χ3v) is 3.84. The Hall–Kier alpha value is -1.73. The zero-order chi connectivity index (χ0) is 13.2. The number of benzene rings is 1. The smallest absolute Gasteiger partial charge is 0.141 e. The second-order valence-corrected chi connectivity index (χ2v) is 4.95. The first-order valence-electron chi connectivity index (χ1n) is 6.15. The van der Waals surface area contributed by atoms with E-state index in [0.717, 1.165) is 31.5 Å². The lowest BCUT2D eigenvalue weighted by Gasteiger charge is -2.36. The molecule has 1 fully saturated rings. The van der Waals surface area contributed by atoms with Crippen molar-refractivity contribution in [1.29, 1.82) is 5.26 Å². The summed E-state index contributed by atoms with van der Waals surface area (Å²) >= 11 is 0. The first-order chi connectivity index (χ1) is 8.61. The van der Waals surface area contributed by atoms with Crippen LogP contribution >= 0.6 is 0 Å². The van der Waals surface area contributed by atoms with Gasteiger partial charge in [0.2, 0.25) is 0 Å². The van der Waals surface area contributed by atoms with Crippen molar-refractivity contribution in [2.24, 2.45) is 0 Å². The van der Waals surface area contributed by atoms with E-state index in [1.54, 1.807) is 7.11 Å². The normalized spacial score (nSPS) is 19.2. The molecule has 1 aliphatic heterocycles. The fraction of sp³-hybridized carbons (Fsp3) is 0.500. The van der Waals surface area contributed by atoms with Crippen molar-refractivity contribution in [1.82, 2.24) is 4.90 Å². The Balaban J connectivity index is 2.34. The van der Waals surface area contributed by atoms with Gasteiger partial charge in [-0.2, -0.15) is 5.26 Å². The summed E-state index contributed by atoms with van der Waals surface area (Å²) in [6.45, 7) is 1.89. The Bertz CT molecular complexity index is 470.